The van der Waals surface area contributed by atoms with Crippen molar-refractivity contribution in [2.45, 2.75) is 114 Å². The maximum Gasteiger partial charge on any atom is 0.200 e. The molecule has 0 saturated heterocycles. The summed E-state index contributed by atoms with van der Waals surface area (Å²) in [6.45, 7) is 8.06. The first-order valence-corrected chi connectivity index (χ1v) is 14.9. The van der Waals surface area contributed by atoms with Crippen LogP contribution in [-0.4, -0.2) is 28.2 Å². The van der Waals surface area contributed by atoms with E-state index in [1.165, 1.54) is 109 Å². The molecule has 0 aliphatic heterocycles. The Morgan fingerprint density at radius 2 is 1.24 bits per heavy atom. The van der Waals surface area contributed by atoms with Crippen LogP contribution in [0.1, 0.15) is 109 Å². The van der Waals surface area contributed by atoms with E-state index in [-0.39, 0.29) is 16.5 Å². The Morgan fingerprint density at radius 1 is 0.788 bits per heavy atom. The molecule has 33 heavy (non-hydrogen) atoms. The second kappa shape index (κ2) is 21.3. The van der Waals surface area contributed by atoms with Crippen molar-refractivity contribution in [3.63, 3.8) is 0 Å². The standard InChI is InChI=1S/C29H48ClIN.ClH/c1-4-7-9-11-13-15-19-24-32(29(31)6-3,25-20-16-14-12-10-8-5-2)26-23-27-21-17-18-22-28(27)30;/h3,17-18,21-22,29H,4-5,7-16,19-20,23-26H2,1-2H3;1H/q+1;/p-1. The maximum atomic E-state index is 6.49. The van der Waals surface area contributed by atoms with Crippen molar-refractivity contribution in [1.29, 1.82) is 0 Å². The van der Waals surface area contributed by atoms with Gasteiger partial charge in [0.05, 0.1) is 19.6 Å². The fourth-order valence-corrected chi connectivity index (χ4v) is 5.71. The topological polar surface area (TPSA) is 0 Å². The first-order chi connectivity index (χ1) is 15.6. The number of rotatable bonds is 20. The number of hydrogen-bond donors (Lipinski definition) is 0. The quantitative estimate of drug-likeness (QED) is 0.0391. The minimum atomic E-state index is 0. The van der Waals surface area contributed by atoms with Crippen molar-refractivity contribution in [3.05, 3.63) is 34.9 Å². The van der Waals surface area contributed by atoms with Crippen LogP contribution in [-0.2, 0) is 6.42 Å². The minimum absolute atomic E-state index is 0. The zero-order valence-electron chi connectivity index (χ0n) is 21.3. The van der Waals surface area contributed by atoms with E-state index < -0.39 is 0 Å². The second-order valence-electron chi connectivity index (χ2n) is 9.48. The van der Waals surface area contributed by atoms with Gasteiger partial charge >= 0.3 is 0 Å². The first-order valence-electron chi connectivity index (χ1n) is 13.3. The average molecular weight is 609 g/mol. The molecule has 0 aliphatic rings. The van der Waals surface area contributed by atoms with Gasteiger partial charge in [-0.1, -0.05) is 108 Å². The monoisotopic (exact) mass is 607 g/mol. The van der Waals surface area contributed by atoms with E-state index in [1.54, 1.807) is 0 Å². The lowest BCUT2D eigenvalue weighted by Gasteiger charge is -2.41. The third-order valence-electron chi connectivity index (χ3n) is 6.82. The van der Waals surface area contributed by atoms with Crippen LogP contribution in [0.2, 0.25) is 5.02 Å². The van der Waals surface area contributed by atoms with Crippen LogP contribution in [0.3, 0.4) is 0 Å². The number of alkyl halides is 1. The fraction of sp³-hybridized carbons (Fsp3) is 0.724. The normalized spacial score (nSPS) is 12.2. The summed E-state index contributed by atoms with van der Waals surface area (Å²) in [6, 6.07) is 8.32. The summed E-state index contributed by atoms with van der Waals surface area (Å²) < 4.78 is 1.28. The lowest BCUT2D eigenvalue weighted by Crippen LogP contribution is -3.00. The van der Waals surface area contributed by atoms with Gasteiger partial charge in [0.2, 0.25) is 4.05 Å². The van der Waals surface area contributed by atoms with Gasteiger partial charge in [-0.25, -0.2) is 0 Å². The number of unbranched alkanes of at least 4 members (excludes halogenated alkanes) is 12. The SMILES string of the molecule is C#CC(I)[N+](CCCCCCCCC)(CCCCCCCCC)CCc1ccccc1Cl.[Cl-]. The summed E-state index contributed by atoms with van der Waals surface area (Å²) in [5, 5.41) is 0.892. The van der Waals surface area contributed by atoms with Gasteiger partial charge in [0, 0.05) is 34.0 Å². The van der Waals surface area contributed by atoms with E-state index in [2.05, 4.69) is 54.5 Å². The number of benzene rings is 1. The Kier molecular flexibility index (Phi) is 21.4. The molecule has 1 unspecified atom stereocenters. The van der Waals surface area contributed by atoms with Crippen molar-refractivity contribution < 1.29 is 16.9 Å². The van der Waals surface area contributed by atoms with Crippen LogP contribution in [0.25, 0.3) is 0 Å². The third kappa shape index (κ3) is 14.3. The van der Waals surface area contributed by atoms with Crippen molar-refractivity contribution in [2.75, 3.05) is 19.6 Å². The average Bonchev–Trinajstić information content (AvgIpc) is 2.81. The van der Waals surface area contributed by atoms with Crippen LogP contribution in [0.5, 0.6) is 0 Å². The van der Waals surface area contributed by atoms with Crippen LogP contribution >= 0.6 is 34.2 Å². The van der Waals surface area contributed by atoms with Crippen LogP contribution in [0, 0.1) is 12.3 Å². The Bertz CT molecular complexity index is 610. The molecule has 1 atom stereocenters. The highest BCUT2D eigenvalue weighted by molar-refractivity contribution is 14.1. The summed E-state index contributed by atoms with van der Waals surface area (Å²) in [5.74, 6) is 3.12. The summed E-state index contributed by atoms with van der Waals surface area (Å²) in [7, 11) is 0. The Hall–Kier alpha value is 0.0500. The van der Waals surface area contributed by atoms with Crippen LogP contribution < -0.4 is 12.4 Å². The van der Waals surface area contributed by atoms with E-state index >= 15 is 0 Å². The second-order valence-corrected chi connectivity index (χ2v) is 11.1. The zero-order valence-corrected chi connectivity index (χ0v) is 24.9. The molecule has 0 bridgehead atoms. The molecule has 0 fully saturated rings. The number of halogens is 3. The van der Waals surface area contributed by atoms with E-state index in [4.69, 9.17) is 18.0 Å². The molecule has 0 aliphatic carbocycles. The highest BCUT2D eigenvalue weighted by atomic mass is 127. The molecular weight excluding hydrogens is 560 g/mol. The molecule has 0 aromatic heterocycles. The summed E-state index contributed by atoms with van der Waals surface area (Å²) in [6.07, 6.45) is 25.9. The molecule has 4 heteroatoms. The molecule has 0 N–H and O–H groups in total. The molecular formula is C29H48Cl2IN. The fourth-order valence-electron chi connectivity index (χ4n) is 4.65. The van der Waals surface area contributed by atoms with Crippen LogP contribution in [0.4, 0.5) is 0 Å². The van der Waals surface area contributed by atoms with Crippen molar-refractivity contribution in [3.8, 4) is 12.3 Å². The molecule has 190 valence electrons. The number of nitrogens with zero attached hydrogens (tertiary/aromatic N) is 1. The van der Waals surface area contributed by atoms with Crippen molar-refractivity contribution in [2.24, 2.45) is 0 Å². The molecule has 0 amide bonds. The zero-order chi connectivity index (χ0) is 23.5. The van der Waals surface area contributed by atoms with E-state index in [9.17, 15) is 0 Å². The summed E-state index contributed by atoms with van der Waals surface area (Å²) in [4.78, 5) is 0. The van der Waals surface area contributed by atoms with Gasteiger partial charge in [-0.05, 0) is 43.2 Å². The smallest absolute Gasteiger partial charge is 0.200 e. The molecule has 1 rings (SSSR count). The maximum absolute atomic E-state index is 6.49. The van der Waals surface area contributed by atoms with Crippen molar-refractivity contribution >= 4 is 34.2 Å². The predicted molar refractivity (Wildman–Crippen MR) is 153 cm³/mol. The predicted octanol–water partition coefficient (Wildman–Crippen LogP) is 6.60. The van der Waals surface area contributed by atoms with Gasteiger partial charge in [-0.3, -0.25) is 0 Å². The van der Waals surface area contributed by atoms with Gasteiger partial charge in [-0.15, -0.1) is 6.42 Å². The third-order valence-corrected chi connectivity index (χ3v) is 8.73. The van der Waals surface area contributed by atoms with Gasteiger partial charge in [0.25, 0.3) is 0 Å². The number of terminal acetylenes is 1. The Labute approximate surface area is 231 Å². The number of quaternary nitrogens is 1. The summed E-state index contributed by atoms with van der Waals surface area (Å²) in [5.41, 5.74) is 1.26. The molecule has 0 heterocycles. The minimum Gasteiger partial charge on any atom is -1.00 e. The van der Waals surface area contributed by atoms with Gasteiger partial charge in [0.15, 0.2) is 0 Å². The molecule has 1 aromatic carbocycles. The van der Waals surface area contributed by atoms with E-state index in [1.807, 2.05) is 12.1 Å². The lowest BCUT2D eigenvalue weighted by atomic mass is 10.1. The molecule has 1 aromatic rings. The van der Waals surface area contributed by atoms with Crippen molar-refractivity contribution in [1.82, 2.24) is 0 Å². The Balaban J connectivity index is 0.0000102. The summed E-state index contributed by atoms with van der Waals surface area (Å²) >= 11 is 9.03. The number of hydrogen-bond acceptors (Lipinski definition) is 0. The lowest BCUT2D eigenvalue weighted by molar-refractivity contribution is -0.927. The van der Waals surface area contributed by atoms with E-state index in [0.717, 1.165) is 22.5 Å². The highest BCUT2D eigenvalue weighted by Gasteiger charge is 2.33. The molecule has 0 spiro atoms. The van der Waals surface area contributed by atoms with E-state index in [0.29, 0.717) is 0 Å². The largest absolute Gasteiger partial charge is 1.00 e. The van der Waals surface area contributed by atoms with Crippen LogP contribution in [0.15, 0.2) is 24.3 Å². The Morgan fingerprint density at radius 3 is 1.70 bits per heavy atom. The first kappa shape index (κ1) is 33.0. The molecule has 0 radical (unpaired) electrons. The van der Waals surface area contributed by atoms with Gasteiger partial charge in [0.1, 0.15) is 0 Å². The highest BCUT2D eigenvalue weighted by Crippen LogP contribution is 2.26. The molecule has 0 saturated carbocycles. The molecule has 1 nitrogen and oxygen atoms in total. The van der Waals surface area contributed by atoms with Gasteiger partial charge < -0.3 is 16.9 Å². The van der Waals surface area contributed by atoms with Gasteiger partial charge in [-0.2, -0.15) is 0 Å².